The standard InChI is InChI=1S/C17H25NO5.C17H29NO3S/c1-6-9-23-18-11(2)7-8-17(15(21)22)14(20)12(3)13(19)10-16(17,4)5;1-5-8-14(18-21-6-2)17-15(19)10-13(11-16(17)20)9-12(4)22-7-3/h6,19H,1,7-10H2,2-5H3,(H,21,22);12-13,19H,5-11H2,1-4H3. The highest BCUT2D eigenvalue weighted by atomic mass is 32.2. The Hall–Kier alpha value is -3.08. The maximum absolute atomic E-state index is 12.7. The molecule has 0 aromatic rings. The Bertz CT molecular complexity index is 1190. The molecule has 11 heteroatoms. The number of carbonyl (C=O) groups excluding carboxylic acids is 2. The van der Waals surface area contributed by atoms with Crippen molar-refractivity contribution in [1.29, 1.82) is 0 Å². The number of aliphatic hydroxyl groups excluding tert-OH is 2. The number of Topliss-reactive ketones (excluding diaryl/α,β-unsaturated/α-hetero) is 2. The van der Waals surface area contributed by atoms with Crippen molar-refractivity contribution < 1.29 is 39.4 Å². The maximum Gasteiger partial charge on any atom is 0.318 e. The number of thioether (sulfide) groups is 1. The Balaban J connectivity index is 0.000000450. The van der Waals surface area contributed by atoms with Gasteiger partial charge < -0.3 is 25.0 Å². The molecule has 2 aliphatic carbocycles. The molecule has 254 valence electrons. The Morgan fingerprint density at radius 2 is 1.78 bits per heavy atom. The fourth-order valence-corrected chi connectivity index (χ4v) is 6.88. The lowest BCUT2D eigenvalue weighted by atomic mass is 9.55. The summed E-state index contributed by atoms with van der Waals surface area (Å²) >= 11 is 1.90. The number of nitrogens with zero attached hydrogens (tertiary/aromatic N) is 2. The second-order valence-corrected chi connectivity index (χ2v) is 14.0. The number of oxime groups is 2. The molecule has 3 unspecified atom stereocenters. The van der Waals surface area contributed by atoms with E-state index in [4.69, 9.17) is 9.68 Å². The molecule has 0 amide bonds. The van der Waals surface area contributed by atoms with Gasteiger partial charge in [-0.15, -0.1) is 0 Å². The number of carboxylic acid groups (broad SMARTS) is 1. The van der Waals surface area contributed by atoms with E-state index in [-0.39, 0.29) is 48.2 Å². The minimum absolute atomic E-state index is 0.00866. The Morgan fingerprint density at radius 1 is 1.11 bits per heavy atom. The zero-order valence-corrected chi connectivity index (χ0v) is 29.2. The van der Waals surface area contributed by atoms with E-state index in [0.717, 1.165) is 18.6 Å². The smallest absolute Gasteiger partial charge is 0.318 e. The van der Waals surface area contributed by atoms with E-state index in [9.17, 15) is 29.7 Å². The van der Waals surface area contributed by atoms with Crippen LogP contribution in [0.5, 0.6) is 0 Å². The normalized spacial score (nSPS) is 22.9. The average molecular weight is 651 g/mol. The lowest BCUT2D eigenvalue weighted by molar-refractivity contribution is -0.164. The Morgan fingerprint density at radius 3 is 2.31 bits per heavy atom. The SMILES string of the molecule is C=CCON=C(C)CCC1(C(=O)O)C(=O)C(C)=C(O)CC1(C)C.CCCC(=NOCC)C1=C(O)CC(CC(C)SCC)CC1=O. The van der Waals surface area contributed by atoms with Crippen LogP contribution in [0.1, 0.15) is 107 Å². The van der Waals surface area contributed by atoms with Crippen LogP contribution in [-0.4, -0.2) is 68.5 Å². The van der Waals surface area contributed by atoms with Crippen molar-refractivity contribution in [3.63, 3.8) is 0 Å². The van der Waals surface area contributed by atoms with Crippen LogP contribution >= 0.6 is 11.8 Å². The number of allylic oxidation sites excluding steroid dienone is 4. The van der Waals surface area contributed by atoms with E-state index in [0.29, 0.717) is 54.5 Å². The number of aliphatic carboxylic acids is 1. The predicted molar refractivity (Wildman–Crippen MR) is 181 cm³/mol. The van der Waals surface area contributed by atoms with Gasteiger partial charge >= 0.3 is 5.97 Å². The van der Waals surface area contributed by atoms with Crippen LogP contribution in [0.3, 0.4) is 0 Å². The molecule has 0 heterocycles. The largest absolute Gasteiger partial charge is 0.512 e. The summed E-state index contributed by atoms with van der Waals surface area (Å²) in [6.45, 7) is 19.0. The number of hydrogen-bond acceptors (Lipinski definition) is 10. The fourth-order valence-electron chi connectivity index (χ4n) is 5.90. The van der Waals surface area contributed by atoms with Gasteiger partial charge in [0.2, 0.25) is 0 Å². The maximum atomic E-state index is 12.7. The first kappa shape index (κ1) is 39.9. The summed E-state index contributed by atoms with van der Waals surface area (Å²) in [6.07, 6.45) is 5.68. The predicted octanol–water partition coefficient (Wildman–Crippen LogP) is 7.75. The van der Waals surface area contributed by atoms with Gasteiger partial charge in [0.1, 0.15) is 24.4 Å². The molecule has 0 fully saturated rings. The number of rotatable bonds is 16. The number of ketones is 2. The van der Waals surface area contributed by atoms with E-state index in [1.165, 1.54) is 6.92 Å². The van der Waals surface area contributed by atoms with Gasteiger partial charge in [0.15, 0.2) is 11.6 Å². The second-order valence-electron chi connectivity index (χ2n) is 12.3. The van der Waals surface area contributed by atoms with Crippen LogP contribution < -0.4 is 0 Å². The molecule has 0 saturated heterocycles. The molecular weight excluding hydrogens is 596 g/mol. The first-order valence-corrected chi connectivity index (χ1v) is 16.9. The lowest BCUT2D eigenvalue weighted by Gasteiger charge is -2.45. The van der Waals surface area contributed by atoms with Crippen LogP contribution in [0.4, 0.5) is 0 Å². The highest BCUT2D eigenvalue weighted by Crippen LogP contribution is 2.52. The molecule has 0 aliphatic heterocycles. The summed E-state index contributed by atoms with van der Waals surface area (Å²) in [5, 5.41) is 38.6. The van der Waals surface area contributed by atoms with Crippen molar-refractivity contribution in [2.75, 3.05) is 19.0 Å². The number of carbonyl (C=O) groups is 3. The van der Waals surface area contributed by atoms with Crippen molar-refractivity contribution >= 4 is 40.7 Å². The van der Waals surface area contributed by atoms with Crippen molar-refractivity contribution in [3.8, 4) is 0 Å². The molecule has 3 N–H and O–H groups in total. The third kappa shape index (κ3) is 10.8. The molecule has 45 heavy (non-hydrogen) atoms. The summed E-state index contributed by atoms with van der Waals surface area (Å²) in [5.74, 6) is -0.206. The van der Waals surface area contributed by atoms with Gasteiger partial charge in [0.25, 0.3) is 0 Å². The van der Waals surface area contributed by atoms with Crippen molar-refractivity contribution in [3.05, 3.63) is 35.3 Å². The summed E-state index contributed by atoms with van der Waals surface area (Å²) in [4.78, 5) is 47.3. The molecule has 2 rings (SSSR count). The molecule has 0 saturated carbocycles. The molecule has 0 radical (unpaired) electrons. The van der Waals surface area contributed by atoms with Crippen molar-refractivity contribution in [1.82, 2.24) is 0 Å². The van der Waals surface area contributed by atoms with E-state index in [1.54, 1.807) is 26.8 Å². The molecular formula is C34H54N2O8S. The first-order valence-electron chi connectivity index (χ1n) is 15.8. The van der Waals surface area contributed by atoms with E-state index in [2.05, 4.69) is 30.7 Å². The topological polar surface area (TPSA) is 155 Å². The quantitative estimate of drug-likeness (QED) is 0.0500. The summed E-state index contributed by atoms with van der Waals surface area (Å²) in [6, 6.07) is 0. The van der Waals surface area contributed by atoms with Crippen LogP contribution in [0, 0.1) is 16.7 Å². The number of carboxylic acids is 1. The molecule has 2 aliphatic rings. The number of hydrogen-bond donors (Lipinski definition) is 3. The Labute approximate surface area is 273 Å². The highest BCUT2D eigenvalue weighted by Gasteiger charge is 2.59. The molecule has 0 aromatic carbocycles. The van der Waals surface area contributed by atoms with Crippen LogP contribution in [0.25, 0.3) is 0 Å². The van der Waals surface area contributed by atoms with Gasteiger partial charge in [-0.05, 0) is 63.5 Å². The Kier molecular flexibility index (Phi) is 16.7. The van der Waals surface area contributed by atoms with Gasteiger partial charge in [-0.2, -0.15) is 11.8 Å². The third-order valence-electron chi connectivity index (χ3n) is 8.28. The molecule has 3 atom stereocenters. The van der Waals surface area contributed by atoms with Gasteiger partial charge in [0.05, 0.1) is 22.8 Å². The van der Waals surface area contributed by atoms with Crippen molar-refractivity contribution in [2.24, 2.45) is 27.1 Å². The summed E-state index contributed by atoms with van der Waals surface area (Å²) in [7, 11) is 0. The summed E-state index contributed by atoms with van der Waals surface area (Å²) in [5.41, 5.74) is -0.749. The first-order chi connectivity index (χ1) is 21.1. The van der Waals surface area contributed by atoms with E-state index < -0.39 is 22.6 Å². The lowest BCUT2D eigenvalue weighted by Crippen LogP contribution is -2.54. The van der Waals surface area contributed by atoms with E-state index >= 15 is 0 Å². The molecule has 0 bridgehead atoms. The molecule has 0 aromatic heterocycles. The average Bonchev–Trinajstić information content (AvgIpc) is 2.94. The second kappa shape index (κ2) is 18.8. The highest BCUT2D eigenvalue weighted by molar-refractivity contribution is 7.99. The van der Waals surface area contributed by atoms with Gasteiger partial charge in [-0.1, -0.05) is 64.0 Å². The van der Waals surface area contributed by atoms with Gasteiger partial charge in [0, 0.05) is 30.1 Å². The monoisotopic (exact) mass is 650 g/mol. The van der Waals surface area contributed by atoms with Crippen molar-refractivity contribution in [2.45, 2.75) is 112 Å². The van der Waals surface area contributed by atoms with Gasteiger partial charge in [-0.3, -0.25) is 14.4 Å². The molecule has 0 spiro atoms. The minimum atomic E-state index is -1.58. The zero-order chi connectivity index (χ0) is 34.4. The minimum Gasteiger partial charge on any atom is -0.512 e. The fraction of sp³-hybridized carbons (Fsp3) is 0.676. The zero-order valence-electron chi connectivity index (χ0n) is 28.4. The third-order valence-corrected chi connectivity index (χ3v) is 9.38. The van der Waals surface area contributed by atoms with Crippen LogP contribution in [0.2, 0.25) is 0 Å². The van der Waals surface area contributed by atoms with Crippen LogP contribution in [-0.2, 0) is 24.1 Å². The van der Waals surface area contributed by atoms with Gasteiger partial charge in [-0.25, -0.2) is 0 Å². The molecule has 10 nitrogen and oxygen atoms in total. The van der Waals surface area contributed by atoms with E-state index in [1.807, 2.05) is 25.6 Å². The summed E-state index contributed by atoms with van der Waals surface area (Å²) < 4.78 is 0. The number of aliphatic hydroxyl groups is 2. The van der Waals surface area contributed by atoms with Crippen LogP contribution in [0.15, 0.2) is 45.6 Å².